The van der Waals surface area contributed by atoms with Gasteiger partial charge in [0.15, 0.2) is 0 Å². The van der Waals surface area contributed by atoms with Crippen molar-refractivity contribution in [1.82, 2.24) is 0 Å². The molecule has 2 aromatic carbocycles. The maximum absolute atomic E-state index is 12.6. The van der Waals surface area contributed by atoms with Crippen molar-refractivity contribution < 1.29 is 9.59 Å². The van der Waals surface area contributed by atoms with E-state index in [9.17, 15) is 14.9 Å². The van der Waals surface area contributed by atoms with Crippen LogP contribution in [0.5, 0.6) is 0 Å². The van der Waals surface area contributed by atoms with Gasteiger partial charge >= 0.3 is 0 Å². The average Bonchev–Trinajstić information content (AvgIpc) is 2.83. The van der Waals surface area contributed by atoms with Crippen molar-refractivity contribution >= 4 is 28.8 Å². The second-order valence-electron chi connectivity index (χ2n) is 5.51. The second kappa shape index (κ2) is 6.01. The predicted octanol–water partition coefficient (Wildman–Crippen LogP) is 2.89. The van der Waals surface area contributed by atoms with Crippen LogP contribution in [0.1, 0.15) is 11.1 Å². The van der Waals surface area contributed by atoms with Gasteiger partial charge in [0.1, 0.15) is 11.6 Å². The standard InChI is InChI=1S/C19H15N3O2/c1-12-7-3-5-9-15(12)21-18(23)14(11-20)17-13-8-4-6-10-16(13)22(2)19(17)24/h3-10H,1-2H3,(H,21,23). The van der Waals surface area contributed by atoms with E-state index in [-0.39, 0.29) is 17.1 Å². The molecule has 0 bridgehead atoms. The number of nitriles is 1. The number of benzene rings is 2. The van der Waals surface area contributed by atoms with Crippen LogP contribution < -0.4 is 10.2 Å². The molecule has 1 N–H and O–H groups in total. The maximum atomic E-state index is 12.6. The highest BCUT2D eigenvalue weighted by Crippen LogP contribution is 2.37. The summed E-state index contributed by atoms with van der Waals surface area (Å²) in [4.78, 5) is 26.6. The number of nitrogens with one attached hydrogen (secondary N) is 1. The Kier molecular flexibility index (Phi) is 3.88. The fourth-order valence-electron chi connectivity index (χ4n) is 2.73. The predicted molar refractivity (Wildman–Crippen MR) is 92.2 cm³/mol. The molecule has 0 spiro atoms. The minimum Gasteiger partial charge on any atom is -0.321 e. The first kappa shape index (κ1) is 15.5. The number of rotatable bonds is 2. The Morgan fingerprint density at radius 3 is 2.50 bits per heavy atom. The molecule has 2 amide bonds. The number of carbonyl (C=O) groups is 2. The first-order valence-corrected chi connectivity index (χ1v) is 7.43. The number of hydrogen-bond donors (Lipinski definition) is 1. The van der Waals surface area contributed by atoms with E-state index in [0.717, 1.165) is 5.56 Å². The third-order valence-corrected chi connectivity index (χ3v) is 4.04. The number of hydrogen-bond acceptors (Lipinski definition) is 3. The van der Waals surface area contributed by atoms with Crippen LogP contribution in [0.4, 0.5) is 11.4 Å². The number of carbonyl (C=O) groups excluding carboxylic acids is 2. The lowest BCUT2D eigenvalue weighted by atomic mass is 10.0. The molecule has 5 heteroatoms. The normalized spacial score (nSPS) is 14.9. The molecular weight excluding hydrogens is 302 g/mol. The van der Waals surface area contributed by atoms with Crippen molar-refractivity contribution in [2.24, 2.45) is 0 Å². The molecule has 1 heterocycles. The highest BCUT2D eigenvalue weighted by atomic mass is 16.2. The number of likely N-dealkylation sites (N-methyl/N-ethyl adjacent to an activating group) is 1. The number of aryl methyl sites for hydroxylation is 1. The Hall–Kier alpha value is -3.39. The van der Waals surface area contributed by atoms with Crippen molar-refractivity contribution in [3.63, 3.8) is 0 Å². The first-order valence-electron chi connectivity index (χ1n) is 7.43. The molecule has 2 aromatic rings. The minimum absolute atomic E-state index is 0.140. The molecule has 1 aliphatic rings. The Morgan fingerprint density at radius 2 is 1.79 bits per heavy atom. The number of amides is 2. The Bertz CT molecular complexity index is 922. The Morgan fingerprint density at radius 1 is 1.12 bits per heavy atom. The molecule has 0 fully saturated rings. The smallest absolute Gasteiger partial charge is 0.267 e. The van der Waals surface area contributed by atoms with Gasteiger partial charge in [0, 0.05) is 18.3 Å². The van der Waals surface area contributed by atoms with E-state index >= 15 is 0 Å². The highest BCUT2D eigenvalue weighted by molar-refractivity contribution is 6.37. The minimum atomic E-state index is -0.583. The van der Waals surface area contributed by atoms with Gasteiger partial charge in [0.05, 0.1) is 11.3 Å². The van der Waals surface area contributed by atoms with Crippen LogP contribution in [-0.2, 0) is 9.59 Å². The number of nitrogens with zero attached hydrogens (tertiary/aromatic N) is 2. The van der Waals surface area contributed by atoms with Gasteiger partial charge in [-0.15, -0.1) is 0 Å². The third-order valence-electron chi connectivity index (χ3n) is 4.04. The summed E-state index contributed by atoms with van der Waals surface area (Å²) in [6.45, 7) is 1.86. The maximum Gasteiger partial charge on any atom is 0.267 e. The van der Waals surface area contributed by atoms with Gasteiger partial charge in [-0.1, -0.05) is 36.4 Å². The van der Waals surface area contributed by atoms with Crippen LogP contribution in [0.3, 0.4) is 0 Å². The van der Waals surface area contributed by atoms with Crippen molar-refractivity contribution in [2.45, 2.75) is 6.92 Å². The molecule has 0 saturated heterocycles. The van der Waals surface area contributed by atoms with Gasteiger partial charge in [-0.2, -0.15) is 5.26 Å². The number of anilines is 2. The molecule has 118 valence electrons. The summed E-state index contributed by atoms with van der Waals surface area (Å²) >= 11 is 0. The van der Waals surface area contributed by atoms with Crippen LogP contribution in [0.15, 0.2) is 54.1 Å². The lowest BCUT2D eigenvalue weighted by Gasteiger charge is -2.09. The van der Waals surface area contributed by atoms with Crippen LogP contribution >= 0.6 is 0 Å². The van der Waals surface area contributed by atoms with Crippen LogP contribution in [0.25, 0.3) is 5.57 Å². The second-order valence-corrected chi connectivity index (χ2v) is 5.51. The summed E-state index contributed by atoms with van der Waals surface area (Å²) in [7, 11) is 1.63. The van der Waals surface area contributed by atoms with E-state index in [0.29, 0.717) is 16.9 Å². The van der Waals surface area contributed by atoms with Crippen molar-refractivity contribution in [3.8, 4) is 6.07 Å². The lowest BCUT2D eigenvalue weighted by molar-refractivity contribution is -0.114. The molecular formula is C19H15N3O2. The van der Waals surface area contributed by atoms with Gasteiger partial charge in [-0.25, -0.2) is 0 Å². The zero-order valence-corrected chi connectivity index (χ0v) is 13.3. The quantitative estimate of drug-likeness (QED) is 0.683. The van der Waals surface area contributed by atoms with Crippen LogP contribution in [0, 0.1) is 18.3 Å². The van der Waals surface area contributed by atoms with Crippen molar-refractivity contribution in [2.75, 3.05) is 17.3 Å². The molecule has 0 radical (unpaired) electrons. The van der Waals surface area contributed by atoms with Gasteiger partial charge in [-0.05, 0) is 24.6 Å². The molecule has 0 unspecified atom stereocenters. The Labute approximate surface area is 139 Å². The SMILES string of the molecule is Cc1ccccc1NC(=O)C(C#N)=C1C(=O)N(C)c2ccccc21. The van der Waals surface area contributed by atoms with Gasteiger partial charge in [0.2, 0.25) is 0 Å². The summed E-state index contributed by atoms with van der Waals surface area (Å²) in [5.41, 5.74) is 2.74. The molecule has 5 nitrogen and oxygen atoms in total. The topological polar surface area (TPSA) is 73.2 Å². The fourth-order valence-corrected chi connectivity index (χ4v) is 2.73. The molecule has 0 aliphatic carbocycles. The largest absolute Gasteiger partial charge is 0.321 e. The van der Waals surface area contributed by atoms with Crippen LogP contribution in [0.2, 0.25) is 0 Å². The summed E-state index contributed by atoms with van der Waals surface area (Å²) in [5, 5.41) is 12.2. The molecule has 24 heavy (non-hydrogen) atoms. The zero-order valence-electron chi connectivity index (χ0n) is 13.3. The molecule has 0 aromatic heterocycles. The van der Waals surface area contributed by atoms with Gasteiger partial charge in [0.25, 0.3) is 11.8 Å². The van der Waals surface area contributed by atoms with E-state index in [1.165, 1.54) is 4.90 Å². The number of para-hydroxylation sites is 2. The van der Waals surface area contributed by atoms with E-state index in [4.69, 9.17) is 0 Å². The van der Waals surface area contributed by atoms with Crippen molar-refractivity contribution in [3.05, 3.63) is 65.2 Å². The molecule has 1 aliphatic heterocycles. The zero-order chi connectivity index (χ0) is 17.3. The van der Waals surface area contributed by atoms with E-state index in [1.54, 1.807) is 37.4 Å². The number of fused-ring (bicyclic) bond motifs is 1. The monoisotopic (exact) mass is 317 g/mol. The summed E-state index contributed by atoms with van der Waals surface area (Å²) in [5.74, 6) is -0.937. The fraction of sp³-hybridized carbons (Fsp3) is 0.105. The highest BCUT2D eigenvalue weighted by Gasteiger charge is 2.34. The lowest BCUT2D eigenvalue weighted by Crippen LogP contribution is -2.23. The molecule has 0 atom stereocenters. The van der Waals surface area contributed by atoms with E-state index in [1.807, 2.05) is 31.2 Å². The van der Waals surface area contributed by atoms with E-state index in [2.05, 4.69) is 5.32 Å². The van der Waals surface area contributed by atoms with Gasteiger partial charge < -0.3 is 10.2 Å². The summed E-state index contributed by atoms with van der Waals surface area (Å²) in [6, 6.07) is 16.3. The van der Waals surface area contributed by atoms with E-state index < -0.39 is 5.91 Å². The van der Waals surface area contributed by atoms with Crippen molar-refractivity contribution in [1.29, 1.82) is 5.26 Å². The van der Waals surface area contributed by atoms with Gasteiger partial charge in [-0.3, -0.25) is 9.59 Å². The molecule has 3 rings (SSSR count). The average molecular weight is 317 g/mol. The summed E-state index contributed by atoms with van der Waals surface area (Å²) < 4.78 is 0. The molecule has 0 saturated carbocycles. The Balaban J connectivity index is 2.07. The van der Waals surface area contributed by atoms with Crippen LogP contribution in [-0.4, -0.2) is 18.9 Å². The first-order chi connectivity index (χ1) is 11.5. The third kappa shape index (κ3) is 2.44. The summed E-state index contributed by atoms with van der Waals surface area (Å²) in [6.07, 6.45) is 0.